The highest BCUT2D eigenvalue weighted by molar-refractivity contribution is 7.22. The third-order valence-corrected chi connectivity index (χ3v) is 6.44. The Kier molecular flexibility index (Phi) is 5.92. The number of thiazole rings is 1. The van der Waals surface area contributed by atoms with Gasteiger partial charge in [0.25, 0.3) is 5.56 Å². The summed E-state index contributed by atoms with van der Waals surface area (Å²) in [5, 5.41) is 3.94. The quantitative estimate of drug-likeness (QED) is 0.644. The molecule has 3 aromatic rings. The Morgan fingerprint density at radius 3 is 3.00 bits per heavy atom. The fourth-order valence-electron chi connectivity index (χ4n) is 3.55. The summed E-state index contributed by atoms with van der Waals surface area (Å²) < 4.78 is 6.86. The monoisotopic (exact) mass is 447 g/mol. The molecule has 1 aliphatic rings. The minimum atomic E-state index is -0.353. The van der Waals surface area contributed by atoms with Crippen LogP contribution in [-0.2, 0) is 11.3 Å². The van der Waals surface area contributed by atoms with Crippen LogP contribution in [0.3, 0.4) is 0 Å². The molecule has 1 unspecified atom stereocenters. The molecule has 2 aromatic heterocycles. The molecule has 1 aromatic carbocycles. The molecular formula is C20H22ClN5O3S. The molecule has 1 N–H and O–H groups in total. The van der Waals surface area contributed by atoms with Crippen LogP contribution in [0.1, 0.15) is 19.8 Å². The predicted octanol–water partition coefficient (Wildman–Crippen LogP) is 3.39. The van der Waals surface area contributed by atoms with Crippen molar-refractivity contribution in [1.29, 1.82) is 0 Å². The summed E-state index contributed by atoms with van der Waals surface area (Å²) in [5.74, 6) is 0.768. The number of piperidine rings is 1. The van der Waals surface area contributed by atoms with Crippen LogP contribution in [0.5, 0.6) is 5.75 Å². The lowest BCUT2D eigenvalue weighted by atomic mass is 10.0. The van der Waals surface area contributed by atoms with Crippen molar-refractivity contribution < 1.29 is 9.53 Å². The topological polar surface area (TPSA) is 89.3 Å². The van der Waals surface area contributed by atoms with E-state index in [1.54, 1.807) is 18.2 Å². The molecule has 158 valence electrons. The van der Waals surface area contributed by atoms with Gasteiger partial charge in [-0.2, -0.15) is 4.98 Å². The van der Waals surface area contributed by atoms with Gasteiger partial charge < -0.3 is 15.0 Å². The number of benzene rings is 1. The minimum Gasteiger partial charge on any atom is -0.495 e. The van der Waals surface area contributed by atoms with E-state index >= 15 is 0 Å². The van der Waals surface area contributed by atoms with Crippen molar-refractivity contribution in [3.8, 4) is 5.75 Å². The molecule has 0 saturated carbocycles. The number of halogens is 1. The van der Waals surface area contributed by atoms with E-state index in [1.165, 1.54) is 35.8 Å². The summed E-state index contributed by atoms with van der Waals surface area (Å²) in [6.07, 6.45) is 3.69. The van der Waals surface area contributed by atoms with Crippen molar-refractivity contribution in [1.82, 2.24) is 14.5 Å². The number of methoxy groups -OCH3 is 1. The first kappa shape index (κ1) is 20.6. The summed E-state index contributed by atoms with van der Waals surface area (Å²) in [5.41, 5.74) is 0.681. The number of hydrogen-bond donors (Lipinski definition) is 1. The van der Waals surface area contributed by atoms with Gasteiger partial charge in [-0.25, -0.2) is 4.98 Å². The van der Waals surface area contributed by atoms with E-state index < -0.39 is 0 Å². The Morgan fingerprint density at radius 1 is 1.43 bits per heavy atom. The number of rotatable bonds is 5. The highest BCUT2D eigenvalue weighted by Gasteiger charge is 2.21. The Morgan fingerprint density at radius 2 is 2.27 bits per heavy atom. The molecule has 10 heteroatoms. The average molecular weight is 448 g/mol. The molecule has 8 nitrogen and oxygen atoms in total. The molecule has 0 radical (unpaired) electrons. The summed E-state index contributed by atoms with van der Waals surface area (Å²) in [4.78, 5) is 36.3. The van der Waals surface area contributed by atoms with Gasteiger partial charge in [-0.1, -0.05) is 29.9 Å². The molecule has 4 rings (SSSR count). The van der Waals surface area contributed by atoms with E-state index in [9.17, 15) is 9.59 Å². The highest BCUT2D eigenvalue weighted by Crippen LogP contribution is 2.29. The summed E-state index contributed by atoms with van der Waals surface area (Å²) in [6, 6.07) is 4.94. The van der Waals surface area contributed by atoms with Gasteiger partial charge >= 0.3 is 0 Å². The summed E-state index contributed by atoms with van der Waals surface area (Å²) in [6.45, 7) is 3.94. The van der Waals surface area contributed by atoms with E-state index in [1.807, 2.05) is 0 Å². The molecule has 1 saturated heterocycles. The lowest BCUT2D eigenvalue weighted by Gasteiger charge is -2.30. The molecule has 1 amide bonds. The number of carbonyl (C=O) groups excluding carboxylic acids is 1. The third-order valence-electron chi connectivity index (χ3n) is 5.05. The zero-order chi connectivity index (χ0) is 21.3. The van der Waals surface area contributed by atoms with Crippen molar-refractivity contribution in [2.24, 2.45) is 5.92 Å². The standard InChI is InChI=1S/C20H22ClN5O3S/c1-12-4-3-7-25(9-12)20-24-18-17(30-20)19(28)26(11-22-18)10-16(27)23-13-5-6-15(29-2)14(21)8-13/h5-6,8,11-12H,3-4,7,9-10H2,1-2H3,(H,23,27). The molecule has 3 heterocycles. The normalized spacial score (nSPS) is 16.6. The number of nitrogens with one attached hydrogen (secondary N) is 1. The lowest BCUT2D eigenvalue weighted by Crippen LogP contribution is -2.34. The SMILES string of the molecule is COc1ccc(NC(=O)Cn2cnc3nc(N4CCCC(C)C4)sc3c2=O)cc1Cl. The fourth-order valence-corrected chi connectivity index (χ4v) is 4.81. The zero-order valence-corrected chi connectivity index (χ0v) is 18.3. The van der Waals surface area contributed by atoms with Gasteiger partial charge in [0, 0.05) is 18.8 Å². The van der Waals surface area contributed by atoms with Gasteiger partial charge in [-0.15, -0.1) is 0 Å². The molecule has 30 heavy (non-hydrogen) atoms. The van der Waals surface area contributed by atoms with Crippen LogP contribution in [0.25, 0.3) is 10.3 Å². The molecule has 0 spiro atoms. The smallest absolute Gasteiger partial charge is 0.273 e. The van der Waals surface area contributed by atoms with Gasteiger partial charge in [-0.05, 0) is 37.0 Å². The van der Waals surface area contributed by atoms with Crippen molar-refractivity contribution in [2.45, 2.75) is 26.3 Å². The average Bonchev–Trinajstić information content (AvgIpc) is 3.16. The van der Waals surface area contributed by atoms with Gasteiger partial charge in [0.05, 0.1) is 12.1 Å². The van der Waals surface area contributed by atoms with Crippen molar-refractivity contribution in [2.75, 3.05) is 30.4 Å². The van der Waals surface area contributed by atoms with Crippen LogP contribution in [0.15, 0.2) is 29.3 Å². The van der Waals surface area contributed by atoms with Gasteiger partial charge in [0.1, 0.15) is 23.3 Å². The van der Waals surface area contributed by atoms with Gasteiger partial charge in [-0.3, -0.25) is 14.2 Å². The Labute approximate surface area is 182 Å². The number of nitrogens with zero attached hydrogens (tertiary/aromatic N) is 4. The van der Waals surface area contributed by atoms with Crippen LogP contribution in [0.2, 0.25) is 5.02 Å². The predicted molar refractivity (Wildman–Crippen MR) is 119 cm³/mol. The first-order valence-corrected chi connectivity index (χ1v) is 10.9. The number of ether oxygens (including phenoxy) is 1. The summed E-state index contributed by atoms with van der Waals surface area (Å²) >= 11 is 7.43. The minimum absolute atomic E-state index is 0.153. The van der Waals surface area contributed by atoms with Crippen LogP contribution in [-0.4, -0.2) is 40.6 Å². The lowest BCUT2D eigenvalue weighted by molar-refractivity contribution is -0.116. The number of fused-ring (bicyclic) bond motifs is 1. The third kappa shape index (κ3) is 4.27. The Bertz CT molecular complexity index is 1150. The first-order valence-electron chi connectivity index (χ1n) is 9.69. The van der Waals surface area contributed by atoms with E-state index in [4.69, 9.17) is 16.3 Å². The Hall–Kier alpha value is -2.65. The van der Waals surface area contributed by atoms with Crippen LogP contribution in [0.4, 0.5) is 10.8 Å². The molecule has 1 fully saturated rings. The van der Waals surface area contributed by atoms with E-state index in [0.717, 1.165) is 24.6 Å². The maximum absolute atomic E-state index is 12.9. The molecular weight excluding hydrogens is 426 g/mol. The number of hydrogen-bond acceptors (Lipinski definition) is 7. The number of amides is 1. The van der Waals surface area contributed by atoms with Gasteiger partial charge in [0.2, 0.25) is 5.91 Å². The van der Waals surface area contributed by atoms with Gasteiger partial charge in [0.15, 0.2) is 10.8 Å². The second kappa shape index (κ2) is 8.61. The second-order valence-electron chi connectivity index (χ2n) is 7.42. The van der Waals surface area contributed by atoms with Crippen LogP contribution >= 0.6 is 22.9 Å². The maximum Gasteiger partial charge on any atom is 0.273 e. The molecule has 1 atom stereocenters. The molecule has 0 bridgehead atoms. The zero-order valence-electron chi connectivity index (χ0n) is 16.7. The number of anilines is 2. The number of carbonyl (C=O) groups is 1. The fraction of sp³-hybridized carbons (Fsp3) is 0.400. The van der Waals surface area contributed by atoms with E-state index in [-0.39, 0.29) is 18.0 Å². The van der Waals surface area contributed by atoms with Crippen LogP contribution in [0, 0.1) is 5.92 Å². The molecule has 0 aliphatic carbocycles. The van der Waals surface area contributed by atoms with Crippen molar-refractivity contribution in [3.05, 3.63) is 39.9 Å². The first-order chi connectivity index (χ1) is 14.4. The molecule has 1 aliphatic heterocycles. The highest BCUT2D eigenvalue weighted by atomic mass is 35.5. The van der Waals surface area contributed by atoms with Crippen LogP contribution < -0.4 is 20.5 Å². The van der Waals surface area contributed by atoms with Crippen molar-refractivity contribution in [3.63, 3.8) is 0 Å². The Balaban J connectivity index is 1.51. The summed E-state index contributed by atoms with van der Waals surface area (Å²) in [7, 11) is 1.52. The largest absolute Gasteiger partial charge is 0.495 e. The maximum atomic E-state index is 12.9. The second-order valence-corrected chi connectivity index (χ2v) is 8.80. The van der Waals surface area contributed by atoms with Crippen molar-refractivity contribution >= 4 is 50.0 Å². The number of aromatic nitrogens is 3. The van der Waals surface area contributed by atoms with E-state index in [0.29, 0.717) is 32.7 Å². The van der Waals surface area contributed by atoms with E-state index in [2.05, 4.69) is 27.1 Å².